The van der Waals surface area contributed by atoms with Crippen molar-refractivity contribution in [3.63, 3.8) is 0 Å². The van der Waals surface area contributed by atoms with Crippen molar-refractivity contribution in [3.8, 4) is 11.3 Å². The van der Waals surface area contributed by atoms with Crippen molar-refractivity contribution in [3.05, 3.63) is 59.4 Å². The molecule has 4 rings (SSSR count). The molecule has 3 aromatic rings. The van der Waals surface area contributed by atoms with Crippen LogP contribution < -0.4 is 5.73 Å². The van der Waals surface area contributed by atoms with E-state index >= 15 is 4.39 Å². The zero-order valence-electron chi connectivity index (χ0n) is 18.1. The summed E-state index contributed by atoms with van der Waals surface area (Å²) in [6.07, 6.45) is -0.307. The van der Waals surface area contributed by atoms with Crippen LogP contribution in [0.25, 0.3) is 22.2 Å². The first kappa shape index (κ1) is 22.4. The van der Waals surface area contributed by atoms with Gasteiger partial charge in [0.2, 0.25) is 0 Å². The fourth-order valence-corrected chi connectivity index (χ4v) is 4.38. The summed E-state index contributed by atoms with van der Waals surface area (Å²) >= 11 is 0. The highest BCUT2D eigenvalue weighted by molar-refractivity contribution is 6.00. The van der Waals surface area contributed by atoms with Crippen LogP contribution in [0.4, 0.5) is 18.0 Å². The molecular weight excluding hydrogens is 421 g/mol. The summed E-state index contributed by atoms with van der Waals surface area (Å²) < 4.78 is 49.6. The molecule has 8 heteroatoms. The van der Waals surface area contributed by atoms with Crippen LogP contribution in [0.3, 0.4) is 0 Å². The van der Waals surface area contributed by atoms with Gasteiger partial charge in [0.1, 0.15) is 17.2 Å². The Balaban J connectivity index is 2.04. The van der Waals surface area contributed by atoms with E-state index in [2.05, 4.69) is 0 Å². The van der Waals surface area contributed by atoms with Gasteiger partial charge in [0.15, 0.2) is 5.82 Å². The van der Waals surface area contributed by atoms with Crippen LogP contribution in [0, 0.1) is 17.5 Å². The predicted octanol–water partition coefficient (Wildman–Crippen LogP) is 5.08. The van der Waals surface area contributed by atoms with Crippen molar-refractivity contribution in [1.29, 1.82) is 0 Å². The minimum absolute atomic E-state index is 0.0445. The van der Waals surface area contributed by atoms with E-state index in [1.807, 2.05) is 0 Å². The van der Waals surface area contributed by atoms with Crippen LogP contribution in [0.2, 0.25) is 0 Å². The molecule has 0 saturated heterocycles. The summed E-state index contributed by atoms with van der Waals surface area (Å²) in [5, 5.41) is 10.7. The van der Waals surface area contributed by atoms with Crippen LogP contribution in [-0.2, 0) is 4.74 Å². The Hall–Kier alpha value is -2.84. The van der Waals surface area contributed by atoms with E-state index in [0.717, 1.165) is 4.57 Å². The molecule has 0 unspecified atom stereocenters. The topological polar surface area (TPSA) is 77.5 Å². The SMILES string of the molecule is CC(C)(C)OC(=O)n1c(-c2ccc(F)cc2)c(C2CC(O)(CN)C2)c2cc(F)cc(F)c21. The van der Waals surface area contributed by atoms with Gasteiger partial charge in [-0.25, -0.2) is 22.5 Å². The zero-order valence-corrected chi connectivity index (χ0v) is 18.1. The minimum atomic E-state index is -1.09. The van der Waals surface area contributed by atoms with Gasteiger partial charge in [0, 0.05) is 18.0 Å². The largest absolute Gasteiger partial charge is 0.443 e. The number of aromatic nitrogens is 1. The van der Waals surface area contributed by atoms with Crippen molar-refractivity contribution in [1.82, 2.24) is 4.57 Å². The molecule has 0 radical (unpaired) electrons. The summed E-state index contributed by atoms with van der Waals surface area (Å²) in [4.78, 5) is 13.2. The molecule has 1 aromatic heterocycles. The Morgan fingerprint density at radius 1 is 1.16 bits per heavy atom. The maximum atomic E-state index is 15.1. The highest BCUT2D eigenvalue weighted by atomic mass is 19.1. The van der Waals surface area contributed by atoms with Crippen LogP contribution in [0.1, 0.15) is 45.1 Å². The molecule has 5 nitrogen and oxygen atoms in total. The average molecular weight is 446 g/mol. The van der Waals surface area contributed by atoms with E-state index in [1.54, 1.807) is 20.8 Å². The van der Waals surface area contributed by atoms with E-state index in [4.69, 9.17) is 10.5 Å². The van der Waals surface area contributed by atoms with Crippen molar-refractivity contribution in [2.75, 3.05) is 6.54 Å². The fraction of sp³-hybridized carbons (Fsp3) is 0.375. The Morgan fingerprint density at radius 2 is 1.78 bits per heavy atom. The molecule has 1 fully saturated rings. The van der Waals surface area contributed by atoms with E-state index in [-0.39, 0.29) is 41.9 Å². The predicted molar refractivity (Wildman–Crippen MR) is 115 cm³/mol. The van der Waals surface area contributed by atoms with Crippen LogP contribution in [0.5, 0.6) is 0 Å². The monoisotopic (exact) mass is 446 g/mol. The lowest BCUT2D eigenvalue weighted by molar-refractivity contribution is -0.0396. The smallest absolute Gasteiger partial charge is 0.419 e. The molecule has 2 aromatic carbocycles. The molecule has 32 heavy (non-hydrogen) atoms. The fourth-order valence-electron chi connectivity index (χ4n) is 4.38. The van der Waals surface area contributed by atoms with Crippen LogP contribution in [-0.4, -0.2) is 33.5 Å². The standard InChI is InChI=1S/C24H25F3N2O3/c1-23(2,3)32-22(30)29-20(13-4-6-15(25)7-5-13)19(14-10-24(31,11-14)12-28)17-8-16(26)9-18(27)21(17)29/h4-9,14,31H,10-12,28H2,1-3H3. The number of carbonyl (C=O) groups excluding carboxylic acids is 1. The van der Waals surface area contributed by atoms with Gasteiger partial charge in [-0.15, -0.1) is 0 Å². The summed E-state index contributed by atoms with van der Waals surface area (Å²) in [7, 11) is 0. The van der Waals surface area contributed by atoms with Gasteiger partial charge in [-0.3, -0.25) is 0 Å². The normalized spacial score (nSPS) is 20.9. The summed E-state index contributed by atoms with van der Waals surface area (Å²) in [5.41, 5.74) is 4.79. The lowest BCUT2D eigenvalue weighted by atomic mass is 9.67. The Bertz CT molecular complexity index is 1190. The Labute approximate surface area is 183 Å². The van der Waals surface area contributed by atoms with Crippen molar-refractivity contribution in [2.24, 2.45) is 5.73 Å². The van der Waals surface area contributed by atoms with Crippen molar-refractivity contribution >= 4 is 17.0 Å². The molecule has 1 aliphatic carbocycles. The second-order valence-electron chi connectivity index (χ2n) is 9.40. The maximum absolute atomic E-state index is 15.1. The highest BCUT2D eigenvalue weighted by Crippen LogP contribution is 2.51. The summed E-state index contributed by atoms with van der Waals surface area (Å²) in [6.45, 7) is 5.08. The average Bonchev–Trinajstić information content (AvgIpc) is 3.00. The minimum Gasteiger partial charge on any atom is -0.443 e. The van der Waals surface area contributed by atoms with Gasteiger partial charge in [-0.05, 0) is 81.0 Å². The zero-order chi connectivity index (χ0) is 23.4. The number of fused-ring (bicyclic) bond motifs is 1. The first-order valence-electron chi connectivity index (χ1n) is 10.4. The number of nitrogens with zero attached hydrogens (tertiary/aromatic N) is 1. The number of benzene rings is 2. The number of carbonyl (C=O) groups is 1. The van der Waals surface area contributed by atoms with Gasteiger partial charge in [-0.2, -0.15) is 0 Å². The maximum Gasteiger partial charge on any atom is 0.419 e. The molecule has 1 heterocycles. The number of nitrogens with two attached hydrogens (primary N) is 1. The molecule has 0 aliphatic heterocycles. The molecule has 3 N–H and O–H groups in total. The first-order valence-corrected chi connectivity index (χ1v) is 10.4. The molecule has 1 saturated carbocycles. The third-order valence-electron chi connectivity index (χ3n) is 5.76. The van der Waals surface area contributed by atoms with Gasteiger partial charge in [0.25, 0.3) is 0 Å². The Kier molecular flexibility index (Phi) is 5.33. The molecular formula is C24H25F3N2O3. The summed E-state index contributed by atoms with van der Waals surface area (Å²) in [5.74, 6) is -2.50. The van der Waals surface area contributed by atoms with Crippen molar-refractivity contribution in [2.45, 2.75) is 50.7 Å². The van der Waals surface area contributed by atoms with E-state index < -0.39 is 34.7 Å². The van der Waals surface area contributed by atoms with E-state index in [1.165, 1.54) is 30.3 Å². The van der Waals surface area contributed by atoms with Gasteiger partial charge in [0.05, 0.1) is 16.8 Å². The number of rotatable bonds is 3. The second kappa shape index (κ2) is 7.64. The number of halogens is 3. The second-order valence-corrected chi connectivity index (χ2v) is 9.40. The lowest BCUT2D eigenvalue weighted by Crippen LogP contribution is -2.48. The highest BCUT2D eigenvalue weighted by Gasteiger charge is 2.45. The quantitative estimate of drug-likeness (QED) is 0.589. The molecule has 0 atom stereocenters. The van der Waals surface area contributed by atoms with Crippen molar-refractivity contribution < 1.29 is 27.8 Å². The first-order chi connectivity index (χ1) is 14.9. The van der Waals surface area contributed by atoms with Gasteiger partial charge >= 0.3 is 6.09 Å². The number of ether oxygens (including phenoxy) is 1. The molecule has 170 valence electrons. The number of hydrogen-bond donors (Lipinski definition) is 2. The van der Waals surface area contributed by atoms with Gasteiger partial charge < -0.3 is 15.6 Å². The van der Waals surface area contributed by atoms with E-state index in [9.17, 15) is 18.7 Å². The third kappa shape index (κ3) is 3.89. The number of aliphatic hydroxyl groups is 1. The molecule has 1 aliphatic rings. The molecule has 0 amide bonds. The lowest BCUT2D eigenvalue weighted by Gasteiger charge is -2.43. The van der Waals surface area contributed by atoms with Crippen LogP contribution in [0.15, 0.2) is 36.4 Å². The Morgan fingerprint density at radius 3 is 2.34 bits per heavy atom. The van der Waals surface area contributed by atoms with Gasteiger partial charge in [-0.1, -0.05) is 0 Å². The van der Waals surface area contributed by atoms with E-state index in [0.29, 0.717) is 17.2 Å². The molecule has 0 bridgehead atoms. The molecule has 0 spiro atoms. The summed E-state index contributed by atoms with van der Waals surface area (Å²) in [6, 6.07) is 7.26. The third-order valence-corrected chi connectivity index (χ3v) is 5.76. The van der Waals surface area contributed by atoms with Crippen LogP contribution >= 0.6 is 0 Å². The number of hydrogen-bond acceptors (Lipinski definition) is 4.